The van der Waals surface area contributed by atoms with Gasteiger partial charge in [-0.3, -0.25) is 4.79 Å². The van der Waals surface area contributed by atoms with Gasteiger partial charge in [-0.05, 0) is 49.2 Å². The second-order valence-electron chi connectivity index (χ2n) is 6.94. The molecule has 0 fully saturated rings. The van der Waals surface area contributed by atoms with Gasteiger partial charge in [0.05, 0.1) is 14.2 Å². The van der Waals surface area contributed by atoms with E-state index in [9.17, 15) is 9.90 Å². The van der Waals surface area contributed by atoms with E-state index < -0.39 is 6.10 Å². The van der Waals surface area contributed by atoms with Crippen LogP contribution in [-0.2, 0) is 17.6 Å². The van der Waals surface area contributed by atoms with E-state index >= 15 is 0 Å². The minimum atomic E-state index is -0.630. The van der Waals surface area contributed by atoms with Crippen molar-refractivity contribution in [3.05, 3.63) is 47.5 Å². The SMILES string of the molecule is COc1ccc(CCNCC(O)COc2cccc3c2CCC(=O)N3)cc1OC.Cl. The van der Waals surface area contributed by atoms with Crippen molar-refractivity contribution in [1.82, 2.24) is 5.32 Å². The predicted molar refractivity (Wildman–Crippen MR) is 118 cm³/mol. The average Bonchev–Trinajstić information content (AvgIpc) is 2.74. The number of aliphatic hydroxyl groups excluding tert-OH is 1. The number of halogens is 1. The summed E-state index contributed by atoms with van der Waals surface area (Å²) in [5.41, 5.74) is 2.90. The van der Waals surface area contributed by atoms with Crippen LogP contribution in [0, 0.1) is 0 Å². The van der Waals surface area contributed by atoms with Crippen molar-refractivity contribution < 1.29 is 24.1 Å². The molecular formula is C22H29ClN2O5. The van der Waals surface area contributed by atoms with E-state index in [1.165, 1.54) is 0 Å². The molecule has 0 saturated carbocycles. The zero-order valence-corrected chi connectivity index (χ0v) is 18.1. The smallest absolute Gasteiger partial charge is 0.224 e. The highest BCUT2D eigenvalue weighted by atomic mass is 35.5. The Morgan fingerprint density at radius 1 is 1.10 bits per heavy atom. The van der Waals surface area contributed by atoms with E-state index in [1.807, 2.05) is 36.4 Å². The summed E-state index contributed by atoms with van der Waals surface area (Å²) < 4.78 is 16.4. The van der Waals surface area contributed by atoms with Crippen molar-refractivity contribution in [1.29, 1.82) is 0 Å². The van der Waals surface area contributed by atoms with Crippen LogP contribution in [0.4, 0.5) is 5.69 Å². The normalized spacial score (nSPS) is 13.5. The summed E-state index contributed by atoms with van der Waals surface area (Å²) in [6.45, 7) is 1.34. The number of carbonyl (C=O) groups excluding carboxylic acids is 1. The number of anilines is 1. The van der Waals surface area contributed by atoms with Crippen molar-refractivity contribution in [3.8, 4) is 17.2 Å². The molecule has 8 heteroatoms. The molecule has 7 nitrogen and oxygen atoms in total. The van der Waals surface area contributed by atoms with E-state index in [1.54, 1.807) is 14.2 Å². The summed E-state index contributed by atoms with van der Waals surface area (Å²) in [7, 11) is 3.23. The van der Waals surface area contributed by atoms with Gasteiger partial charge in [-0.25, -0.2) is 0 Å². The summed E-state index contributed by atoms with van der Waals surface area (Å²) in [4.78, 5) is 11.5. The van der Waals surface area contributed by atoms with Gasteiger partial charge in [-0.2, -0.15) is 0 Å². The minimum absolute atomic E-state index is 0. The van der Waals surface area contributed by atoms with Gasteiger partial charge < -0.3 is 30.0 Å². The molecule has 0 aromatic heterocycles. The molecule has 0 saturated heterocycles. The average molecular weight is 437 g/mol. The van der Waals surface area contributed by atoms with Crippen molar-refractivity contribution in [2.45, 2.75) is 25.4 Å². The van der Waals surface area contributed by atoms with Gasteiger partial charge in [0.25, 0.3) is 0 Å². The second kappa shape index (κ2) is 11.6. The molecule has 0 radical (unpaired) electrons. The maximum absolute atomic E-state index is 11.5. The molecule has 3 N–H and O–H groups in total. The lowest BCUT2D eigenvalue weighted by Crippen LogP contribution is -2.32. The number of rotatable bonds is 10. The molecule has 2 aromatic rings. The van der Waals surface area contributed by atoms with E-state index in [4.69, 9.17) is 14.2 Å². The fraction of sp³-hybridized carbons (Fsp3) is 0.409. The first-order valence-electron chi connectivity index (χ1n) is 9.75. The minimum Gasteiger partial charge on any atom is -0.493 e. The van der Waals surface area contributed by atoms with Gasteiger partial charge in [0.1, 0.15) is 18.5 Å². The Morgan fingerprint density at radius 3 is 2.67 bits per heavy atom. The van der Waals surface area contributed by atoms with E-state index in [-0.39, 0.29) is 24.9 Å². The first kappa shape index (κ1) is 23.8. The third kappa shape index (κ3) is 6.26. The highest BCUT2D eigenvalue weighted by molar-refractivity contribution is 5.94. The number of fused-ring (bicyclic) bond motifs is 1. The van der Waals surface area contributed by atoms with Crippen molar-refractivity contribution in [2.75, 3.05) is 39.2 Å². The first-order valence-corrected chi connectivity index (χ1v) is 9.75. The van der Waals surface area contributed by atoms with E-state index in [0.717, 1.165) is 29.8 Å². The van der Waals surface area contributed by atoms with Crippen LogP contribution in [0.1, 0.15) is 17.5 Å². The fourth-order valence-corrected chi connectivity index (χ4v) is 3.31. The monoisotopic (exact) mass is 436 g/mol. The van der Waals surface area contributed by atoms with Crippen LogP contribution in [0.2, 0.25) is 0 Å². The number of aliphatic hydroxyl groups is 1. The molecule has 0 bridgehead atoms. The number of hydrogen-bond donors (Lipinski definition) is 3. The second-order valence-corrected chi connectivity index (χ2v) is 6.94. The van der Waals surface area contributed by atoms with Crippen molar-refractivity contribution in [2.24, 2.45) is 0 Å². The number of carbonyl (C=O) groups is 1. The lowest BCUT2D eigenvalue weighted by atomic mass is 10.0. The number of ether oxygens (including phenoxy) is 3. The Morgan fingerprint density at radius 2 is 1.90 bits per heavy atom. The third-order valence-electron chi connectivity index (χ3n) is 4.86. The zero-order chi connectivity index (χ0) is 20.6. The number of benzene rings is 2. The molecule has 3 rings (SSSR count). The molecule has 164 valence electrons. The number of hydrogen-bond acceptors (Lipinski definition) is 6. The molecule has 1 aliphatic rings. The quantitative estimate of drug-likeness (QED) is 0.496. The molecule has 1 heterocycles. The summed E-state index contributed by atoms with van der Waals surface area (Å²) in [5.74, 6) is 2.15. The van der Waals surface area contributed by atoms with Gasteiger partial charge in [0.2, 0.25) is 5.91 Å². The number of nitrogens with one attached hydrogen (secondary N) is 2. The fourth-order valence-electron chi connectivity index (χ4n) is 3.31. The Labute approximate surface area is 183 Å². The van der Waals surface area contributed by atoms with Crippen LogP contribution in [0.25, 0.3) is 0 Å². The van der Waals surface area contributed by atoms with Gasteiger partial charge in [0, 0.05) is 24.2 Å². The number of methoxy groups -OCH3 is 2. The van der Waals surface area contributed by atoms with Crippen LogP contribution in [0.3, 0.4) is 0 Å². The standard InChI is InChI=1S/C22H28N2O5.ClH/c1-27-20-8-6-15(12-21(20)28-2)10-11-23-13-16(25)14-29-19-5-3-4-18-17(19)7-9-22(26)24-18;/h3-6,8,12,16,23,25H,7,9-11,13-14H2,1-2H3,(H,24,26);1H. The Kier molecular flexibility index (Phi) is 9.23. The maximum atomic E-state index is 11.5. The van der Waals surface area contributed by atoms with E-state index in [0.29, 0.717) is 36.6 Å². The van der Waals surface area contributed by atoms with Crippen LogP contribution in [0.15, 0.2) is 36.4 Å². The Balaban J connectivity index is 0.00000320. The lowest BCUT2D eigenvalue weighted by molar-refractivity contribution is -0.116. The summed E-state index contributed by atoms with van der Waals surface area (Å²) in [5, 5.41) is 16.3. The maximum Gasteiger partial charge on any atom is 0.224 e. The summed E-state index contributed by atoms with van der Waals surface area (Å²) >= 11 is 0. The Hall–Kier alpha value is -2.48. The van der Waals surface area contributed by atoms with Crippen LogP contribution in [-0.4, -0.2) is 51.0 Å². The van der Waals surface area contributed by atoms with Gasteiger partial charge in [-0.1, -0.05) is 12.1 Å². The molecule has 1 atom stereocenters. The van der Waals surface area contributed by atoms with Gasteiger partial charge in [0.15, 0.2) is 11.5 Å². The largest absolute Gasteiger partial charge is 0.493 e. The predicted octanol–water partition coefficient (Wildman–Crippen LogP) is 2.58. The number of amides is 1. The first-order chi connectivity index (χ1) is 14.1. The lowest BCUT2D eigenvalue weighted by Gasteiger charge is -2.21. The molecule has 1 aliphatic heterocycles. The highest BCUT2D eigenvalue weighted by Gasteiger charge is 2.18. The third-order valence-corrected chi connectivity index (χ3v) is 4.86. The van der Waals surface area contributed by atoms with Crippen LogP contribution >= 0.6 is 12.4 Å². The summed E-state index contributed by atoms with van der Waals surface area (Å²) in [6, 6.07) is 11.4. The molecule has 0 spiro atoms. The van der Waals surface area contributed by atoms with Crippen LogP contribution in [0.5, 0.6) is 17.2 Å². The highest BCUT2D eigenvalue weighted by Crippen LogP contribution is 2.31. The zero-order valence-electron chi connectivity index (χ0n) is 17.3. The van der Waals surface area contributed by atoms with E-state index in [2.05, 4.69) is 10.6 Å². The van der Waals surface area contributed by atoms with Crippen molar-refractivity contribution in [3.63, 3.8) is 0 Å². The van der Waals surface area contributed by atoms with Crippen LogP contribution < -0.4 is 24.8 Å². The molecule has 30 heavy (non-hydrogen) atoms. The molecule has 0 aliphatic carbocycles. The molecule has 1 unspecified atom stereocenters. The van der Waals surface area contributed by atoms with Gasteiger partial charge in [-0.15, -0.1) is 12.4 Å². The molecule has 2 aromatic carbocycles. The van der Waals surface area contributed by atoms with Gasteiger partial charge >= 0.3 is 0 Å². The molecule has 1 amide bonds. The molecular weight excluding hydrogens is 408 g/mol. The Bertz CT molecular complexity index is 846. The topological polar surface area (TPSA) is 89.0 Å². The van der Waals surface area contributed by atoms with Crippen molar-refractivity contribution >= 4 is 24.0 Å². The summed E-state index contributed by atoms with van der Waals surface area (Å²) in [6.07, 6.45) is 1.28.